The van der Waals surface area contributed by atoms with Gasteiger partial charge in [-0.2, -0.15) is 0 Å². The largest absolute Gasteiger partial charge is 0.385 e. The molecule has 23 heavy (non-hydrogen) atoms. The maximum Gasteiger partial charge on any atom is 0.229 e. The number of nitrogens with one attached hydrogen (secondary N) is 1. The van der Waals surface area contributed by atoms with Crippen LogP contribution >= 0.6 is 0 Å². The Bertz CT molecular complexity index is 571. The fourth-order valence-corrected chi connectivity index (χ4v) is 2.99. The molecule has 0 saturated carbocycles. The van der Waals surface area contributed by atoms with Gasteiger partial charge in [0.1, 0.15) is 0 Å². The number of benzene rings is 1. The molecule has 1 aliphatic rings. The molecule has 1 unspecified atom stereocenters. The molecule has 0 aromatic heterocycles. The van der Waals surface area contributed by atoms with Crippen molar-refractivity contribution in [3.05, 3.63) is 29.3 Å². The molecule has 2 rings (SSSR count). The zero-order chi connectivity index (χ0) is 16.8. The Kier molecular flexibility index (Phi) is 6.16. The number of carbonyl (C=O) groups excluding carboxylic acids is 2. The summed E-state index contributed by atoms with van der Waals surface area (Å²) in [5.74, 6) is -0.271. The van der Waals surface area contributed by atoms with Crippen molar-refractivity contribution in [1.29, 1.82) is 0 Å². The maximum absolute atomic E-state index is 12.5. The Morgan fingerprint density at radius 2 is 2.22 bits per heavy atom. The van der Waals surface area contributed by atoms with Crippen molar-refractivity contribution in [3.8, 4) is 0 Å². The number of nitrogens with zero attached hydrogens (tertiary/aromatic N) is 1. The van der Waals surface area contributed by atoms with Crippen LogP contribution in [0, 0.1) is 12.8 Å². The number of methoxy groups -OCH3 is 1. The van der Waals surface area contributed by atoms with Gasteiger partial charge in [-0.15, -0.1) is 0 Å². The molecule has 0 bridgehead atoms. The molecule has 1 heterocycles. The first-order valence-electron chi connectivity index (χ1n) is 8.22. The quantitative estimate of drug-likeness (QED) is 0.785. The van der Waals surface area contributed by atoms with E-state index in [1.165, 1.54) is 0 Å². The van der Waals surface area contributed by atoms with E-state index in [9.17, 15) is 9.59 Å². The third kappa shape index (κ3) is 4.32. The maximum atomic E-state index is 12.5. The third-order valence-corrected chi connectivity index (χ3v) is 4.35. The number of hydrogen-bond donors (Lipinski definition) is 1. The first-order chi connectivity index (χ1) is 11.1. The van der Waals surface area contributed by atoms with Gasteiger partial charge in [0.2, 0.25) is 11.8 Å². The van der Waals surface area contributed by atoms with Crippen molar-refractivity contribution >= 4 is 17.5 Å². The summed E-state index contributed by atoms with van der Waals surface area (Å²) in [6.07, 6.45) is 1.96. The summed E-state index contributed by atoms with van der Waals surface area (Å²) < 4.78 is 5.01. The van der Waals surface area contributed by atoms with Gasteiger partial charge in [0.15, 0.2) is 0 Å². The Hall–Kier alpha value is -1.88. The van der Waals surface area contributed by atoms with Gasteiger partial charge < -0.3 is 15.0 Å². The van der Waals surface area contributed by atoms with Crippen LogP contribution in [0.4, 0.5) is 5.69 Å². The summed E-state index contributed by atoms with van der Waals surface area (Å²) in [7, 11) is 1.65. The fraction of sp³-hybridized carbons (Fsp3) is 0.556. The lowest BCUT2D eigenvalue weighted by Gasteiger charge is -2.17. The predicted octanol–water partition coefficient (Wildman–Crippen LogP) is 2.38. The molecule has 0 radical (unpaired) electrons. The highest BCUT2D eigenvalue weighted by atomic mass is 16.5. The van der Waals surface area contributed by atoms with Crippen LogP contribution in [0.1, 0.15) is 30.9 Å². The highest BCUT2D eigenvalue weighted by Gasteiger charge is 2.34. The standard InChI is InChI=1S/C18H26N2O3/c1-4-14-8-5-7-13(2)17(14)19-18(22)15-11-16(21)20(12-15)9-6-10-23-3/h5,7-8,15H,4,6,9-12H2,1-3H3,(H,19,22). The summed E-state index contributed by atoms with van der Waals surface area (Å²) in [5.41, 5.74) is 3.07. The monoisotopic (exact) mass is 318 g/mol. The van der Waals surface area contributed by atoms with Crippen LogP contribution in [0.25, 0.3) is 0 Å². The van der Waals surface area contributed by atoms with E-state index in [1.54, 1.807) is 12.0 Å². The van der Waals surface area contributed by atoms with Gasteiger partial charge in [0.05, 0.1) is 5.92 Å². The van der Waals surface area contributed by atoms with E-state index in [4.69, 9.17) is 4.74 Å². The molecule has 5 heteroatoms. The van der Waals surface area contributed by atoms with Gasteiger partial charge in [-0.1, -0.05) is 25.1 Å². The average molecular weight is 318 g/mol. The van der Waals surface area contributed by atoms with Crippen molar-refractivity contribution < 1.29 is 14.3 Å². The number of anilines is 1. The van der Waals surface area contributed by atoms with E-state index in [0.717, 1.165) is 29.7 Å². The number of para-hydroxylation sites is 1. The highest BCUT2D eigenvalue weighted by molar-refractivity contribution is 5.98. The molecular formula is C18H26N2O3. The molecule has 1 fully saturated rings. The van der Waals surface area contributed by atoms with E-state index in [0.29, 0.717) is 26.1 Å². The molecule has 1 aromatic rings. The third-order valence-electron chi connectivity index (χ3n) is 4.35. The van der Waals surface area contributed by atoms with E-state index in [1.807, 2.05) is 25.1 Å². The summed E-state index contributed by atoms with van der Waals surface area (Å²) in [5, 5.41) is 3.04. The second-order valence-electron chi connectivity index (χ2n) is 6.04. The smallest absolute Gasteiger partial charge is 0.229 e. The van der Waals surface area contributed by atoms with E-state index in [2.05, 4.69) is 12.2 Å². The molecule has 1 aliphatic heterocycles. The van der Waals surface area contributed by atoms with Gasteiger partial charge >= 0.3 is 0 Å². The summed E-state index contributed by atoms with van der Waals surface area (Å²) in [6, 6.07) is 6.02. The first-order valence-corrected chi connectivity index (χ1v) is 8.22. The van der Waals surface area contributed by atoms with Crippen molar-refractivity contribution in [3.63, 3.8) is 0 Å². The van der Waals surface area contributed by atoms with Crippen molar-refractivity contribution in [2.45, 2.75) is 33.1 Å². The average Bonchev–Trinajstić information content (AvgIpc) is 2.91. The minimum Gasteiger partial charge on any atom is -0.385 e. The Balaban J connectivity index is 1.98. The molecule has 1 aromatic carbocycles. The first kappa shape index (κ1) is 17.5. The SMILES string of the molecule is CCc1cccc(C)c1NC(=O)C1CC(=O)N(CCCOC)C1. The fourth-order valence-electron chi connectivity index (χ4n) is 2.99. The number of rotatable bonds is 7. The van der Waals surface area contributed by atoms with Crippen LogP contribution in [0.5, 0.6) is 0 Å². The van der Waals surface area contributed by atoms with Crippen molar-refractivity contribution in [2.24, 2.45) is 5.92 Å². The molecule has 1 atom stereocenters. The van der Waals surface area contributed by atoms with E-state index in [-0.39, 0.29) is 17.7 Å². The molecule has 2 amide bonds. The van der Waals surface area contributed by atoms with Crippen molar-refractivity contribution in [1.82, 2.24) is 4.90 Å². The minimum absolute atomic E-state index is 0.0572. The van der Waals surface area contributed by atoms with E-state index < -0.39 is 0 Å². The summed E-state index contributed by atoms with van der Waals surface area (Å²) in [6.45, 7) is 5.85. The number of hydrogen-bond acceptors (Lipinski definition) is 3. The number of aryl methyl sites for hydroxylation is 2. The molecule has 0 aliphatic carbocycles. The highest BCUT2D eigenvalue weighted by Crippen LogP contribution is 2.24. The Labute approximate surface area is 138 Å². The van der Waals surface area contributed by atoms with Crippen LogP contribution < -0.4 is 5.32 Å². The summed E-state index contributed by atoms with van der Waals surface area (Å²) >= 11 is 0. The van der Waals surface area contributed by atoms with Crippen LogP contribution in [0.15, 0.2) is 18.2 Å². The van der Waals surface area contributed by atoms with E-state index >= 15 is 0 Å². The zero-order valence-corrected chi connectivity index (χ0v) is 14.2. The number of amides is 2. The van der Waals surface area contributed by atoms with Crippen LogP contribution in [-0.2, 0) is 20.7 Å². The van der Waals surface area contributed by atoms with Gasteiger partial charge in [-0.3, -0.25) is 9.59 Å². The Morgan fingerprint density at radius 1 is 1.43 bits per heavy atom. The van der Waals surface area contributed by atoms with Crippen LogP contribution in [-0.4, -0.2) is 43.5 Å². The molecular weight excluding hydrogens is 292 g/mol. The Morgan fingerprint density at radius 3 is 2.91 bits per heavy atom. The number of carbonyl (C=O) groups is 2. The summed E-state index contributed by atoms with van der Waals surface area (Å²) in [4.78, 5) is 26.3. The van der Waals surface area contributed by atoms with Crippen molar-refractivity contribution in [2.75, 3.05) is 32.1 Å². The molecule has 1 N–H and O–H groups in total. The van der Waals surface area contributed by atoms with Gasteiger partial charge in [0, 0.05) is 38.9 Å². The second kappa shape index (κ2) is 8.11. The number of likely N-dealkylation sites (tertiary alicyclic amines) is 1. The normalized spacial score (nSPS) is 17.6. The second-order valence-corrected chi connectivity index (χ2v) is 6.04. The van der Waals surface area contributed by atoms with Gasteiger partial charge in [0.25, 0.3) is 0 Å². The van der Waals surface area contributed by atoms with Crippen LogP contribution in [0.3, 0.4) is 0 Å². The van der Waals surface area contributed by atoms with Gasteiger partial charge in [-0.25, -0.2) is 0 Å². The zero-order valence-electron chi connectivity index (χ0n) is 14.2. The minimum atomic E-state index is -0.269. The molecule has 126 valence electrons. The molecule has 5 nitrogen and oxygen atoms in total. The predicted molar refractivity (Wildman–Crippen MR) is 90.4 cm³/mol. The van der Waals surface area contributed by atoms with Crippen LogP contribution in [0.2, 0.25) is 0 Å². The van der Waals surface area contributed by atoms with Gasteiger partial charge in [-0.05, 0) is 30.9 Å². The molecule has 1 saturated heterocycles. The lowest BCUT2D eigenvalue weighted by Crippen LogP contribution is -2.29. The lowest BCUT2D eigenvalue weighted by atomic mass is 10.0. The topological polar surface area (TPSA) is 58.6 Å². The number of ether oxygens (including phenoxy) is 1. The lowest BCUT2D eigenvalue weighted by molar-refractivity contribution is -0.128. The molecule has 0 spiro atoms.